The molecule has 0 fully saturated rings. The Bertz CT molecular complexity index is 645. The van der Waals surface area contributed by atoms with E-state index in [0.29, 0.717) is 15.8 Å². The monoisotopic (exact) mass is 355 g/mol. The molecule has 0 unspecified atom stereocenters. The van der Waals surface area contributed by atoms with Gasteiger partial charge in [-0.05, 0) is 64.8 Å². The molecule has 2 rings (SSSR count). The number of hydrogen-bond acceptors (Lipinski definition) is 2. The molecule has 0 bridgehead atoms. The summed E-state index contributed by atoms with van der Waals surface area (Å²) >= 11 is 14.3. The summed E-state index contributed by atoms with van der Waals surface area (Å²) in [5, 5.41) is 0.690. The Kier molecular flexibility index (Phi) is 4.45. The first-order valence-corrected chi connectivity index (χ1v) is 7.08. The molecule has 0 amide bonds. The van der Waals surface area contributed by atoms with Crippen molar-refractivity contribution < 1.29 is 4.74 Å². The quantitative estimate of drug-likeness (QED) is 0.799. The van der Waals surface area contributed by atoms with Gasteiger partial charge in [-0.1, -0.05) is 23.8 Å². The van der Waals surface area contributed by atoms with E-state index >= 15 is 0 Å². The van der Waals surface area contributed by atoms with E-state index in [1.807, 2.05) is 37.3 Å². The van der Waals surface area contributed by atoms with Crippen molar-refractivity contribution in [2.45, 2.75) is 6.92 Å². The van der Waals surface area contributed by atoms with Crippen LogP contribution in [0, 0.1) is 6.92 Å². The van der Waals surface area contributed by atoms with Gasteiger partial charge in [0, 0.05) is 15.1 Å². The fraction of sp³-hybridized carbons (Fsp3) is 0.0714. The molecular formula is C14H11BrClNOS. The lowest BCUT2D eigenvalue weighted by molar-refractivity contribution is 0.478. The highest BCUT2D eigenvalue weighted by Gasteiger charge is 2.07. The zero-order valence-corrected chi connectivity index (χ0v) is 13.3. The molecule has 98 valence electrons. The summed E-state index contributed by atoms with van der Waals surface area (Å²) in [6, 6.07) is 11.0. The van der Waals surface area contributed by atoms with E-state index in [1.165, 1.54) is 0 Å². The van der Waals surface area contributed by atoms with Crippen molar-refractivity contribution in [1.82, 2.24) is 0 Å². The second-order valence-electron chi connectivity index (χ2n) is 4.02. The molecule has 0 saturated carbocycles. The van der Waals surface area contributed by atoms with Gasteiger partial charge in [0.1, 0.15) is 16.5 Å². The zero-order chi connectivity index (χ0) is 14.0. The molecule has 0 atom stereocenters. The molecule has 5 heteroatoms. The molecule has 0 aliphatic heterocycles. The summed E-state index contributed by atoms with van der Waals surface area (Å²) < 4.78 is 6.62. The maximum Gasteiger partial charge on any atom is 0.130 e. The molecule has 2 N–H and O–H groups in total. The largest absolute Gasteiger partial charge is 0.457 e. The van der Waals surface area contributed by atoms with E-state index < -0.39 is 0 Å². The van der Waals surface area contributed by atoms with Crippen molar-refractivity contribution in [3.05, 3.63) is 57.0 Å². The van der Waals surface area contributed by atoms with Crippen LogP contribution >= 0.6 is 39.7 Å². The minimum absolute atomic E-state index is 0.348. The van der Waals surface area contributed by atoms with Crippen LogP contribution in [0.3, 0.4) is 0 Å². The predicted molar refractivity (Wildman–Crippen MR) is 86.3 cm³/mol. The van der Waals surface area contributed by atoms with Crippen molar-refractivity contribution in [2.24, 2.45) is 5.73 Å². The minimum Gasteiger partial charge on any atom is -0.457 e. The maximum atomic E-state index is 5.91. The zero-order valence-electron chi connectivity index (χ0n) is 10.1. The molecule has 0 aliphatic carbocycles. The van der Waals surface area contributed by atoms with Crippen molar-refractivity contribution in [1.29, 1.82) is 0 Å². The molecule has 0 heterocycles. The topological polar surface area (TPSA) is 35.2 Å². The van der Waals surface area contributed by atoms with Gasteiger partial charge in [0.25, 0.3) is 0 Å². The number of rotatable bonds is 3. The predicted octanol–water partition coefficient (Wildman–Crippen LogP) is 4.84. The summed E-state index contributed by atoms with van der Waals surface area (Å²) in [6.07, 6.45) is 0. The van der Waals surface area contributed by atoms with Crippen LogP contribution in [0.5, 0.6) is 11.5 Å². The van der Waals surface area contributed by atoms with E-state index in [0.717, 1.165) is 21.3 Å². The SMILES string of the molecule is Cc1cc(Cl)ccc1Oc1ccc(C(N)=S)c(Br)c1. The lowest BCUT2D eigenvalue weighted by atomic mass is 10.2. The molecule has 2 aromatic rings. The summed E-state index contributed by atoms with van der Waals surface area (Å²) in [4.78, 5) is 0.348. The van der Waals surface area contributed by atoms with Crippen molar-refractivity contribution in [3.8, 4) is 11.5 Å². The van der Waals surface area contributed by atoms with Crippen LogP contribution in [0.1, 0.15) is 11.1 Å². The molecule has 0 saturated heterocycles. The van der Waals surface area contributed by atoms with Crippen LogP contribution in [0.4, 0.5) is 0 Å². The highest BCUT2D eigenvalue weighted by molar-refractivity contribution is 9.10. The second kappa shape index (κ2) is 5.90. The molecule has 2 aromatic carbocycles. The Balaban J connectivity index is 2.29. The number of ether oxygens (including phenoxy) is 1. The Hall–Kier alpha value is -1.10. The van der Waals surface area contributed by atoms with Gasteiger partial charge in [0.05, 0.1) is 0 Å². The summed E-state index contributed by atoms with van der Waals surface area (Å²) in [6.45, 7) is 1.94. The van der Waals surface area contributed by atoms with E-state index in [-0.39, 0.29) is 0 Å². The Labute approximate surface area is 130 Å². The first-order valence-electron chi connectivity index (χ1n) is 5.51. The molecule has 0 aromatic heterocycles. The number of halogens is 2. The van der Waals surface area contributed by atoms with Gasteiger partial charge >= 0.3 is 0 Å². The van der Waals surface area contributed by atoms with E-state index in [9.17, 15) is 0 Å². The van der Waals surface area contributed by atoms with E-state index in [1.54, 1.807) is 6.07 Å². The summed E-state index contributed by atoms with van der Waals surface area (Å²) in [5.74, 6) is 1.47. The second-order valence-corrected chi connectivity index (χ2v) is 5.75. The Morgan fingerprint density at radius 3 is 2.58 bits per heavy atom. The fourth-order valence-corrected chi connectivity index (χ4v) is 2.72. The van der Waals surface area contributed by atoms with Gasteiger partial charge in [-0.3, -0.25) is 0 Å². The molecular weight excluding hydrogens is 346 g/mol. The lowest BCUT2D eigenvalue weighted by Crippen LogP contribution is -2.09. The number of hydrogen-bond donors (Lipinski definition) is 1. The summed E-state index contributed by atoms with van der Waals surface area (Å²) in [7, 11) is 0. The van der Waals surface area contributed by atoms with Gasteiger partial charge in [-0.2, -0.15) is 0 Å². The van der Waals surface area contributed by atoms with Gasteiger partial charge in [-0.15, -0.1) is 0 Å². The van der Waals surface area contributed by atoms with Gasteiger partial charge in [0.2, 0.25) is 0 Å². The standard InChI is InChI=1S/C14H11BrClNOS/c1-8-6-9(16)2-5-13(8)18-10-3-4-11(14(17)19)12(15)7-10/h2-7H,1H3,(H2,17,19). The van der Waals surface area contributed by atoms with Crippen LogP contribution in [0.2, 0.25) is 5.02 Å². The first kappa shape index (κ1) is 14.3. The fourth-order valence-electron chi connectivity index (χ4n) is 1.61. The molecule has 2 nitrogen and oxygen atoms in total. The Morgan fingerprint density at radius 2 is 2.00 bits per heavy atom. The van der Waals surface area contributed by atoms with Crippen LogP contribution in [-0.2, 0) is 0 Å². The number of benzene rings is 2. The van der Waals surface area contributed by atoms with Crippen molar-refractivity contribution >= 4 is 44.7 Å². The van der Waals surface area contributed by atoms with Crippen LogP contribution < -0.4 is 10.5 Å². The lowest BCUT2D eigenvalue weighted by Gasteiger charge is -2.10. The van der Waals surface area contributed by atoms with Gasteiger partial charge in [-0.25, -0.2) is 0 Å². The third-order valence-corrected chi connectivity index (χ3v) is 3.68. The molecule has 0 spiro atoms. The van der Waals surface area contributed by atoms with Crippen LogP contribution in [-0.4, -0.2) is 4.99 Å². The summed E-state index contributed by atoms with van der Waals surface area (Å²) in [5.41, 5.74) is 7.37. The third-order valence-electron chi connectivity index (χ3n) is 2.57. The van der Waals surface area contributed by atoms with Crippen molar-refractivity contribution in [3.63, 3.8) is 0 Å². The normalized spacial score (nSPS) is 10.3. The van der Waals surface area contributed by atoms with Gasteiger partial charge in [0.15, 0.2) is 0 Å². The van der Waals surface area contributed by atoms with Gasteiger partial charge < -0.3 is 10.5 Å². The van der Waals surface area contributed by atoms with Crippen molar-refractivity contribution in [2.75, 3.05) is 0 Å². The first-order chi connectivity index (χ1) is 8.97. The average molecular weight is 357 g/mol. The highest BCUT2D eigenvalue weighted by Crippen LogP contribution is 2.30. The van der Waals surface area contributed by atoms with Crippen LogP contribution in [0.15, 0.2) is 40.9 Å². The van der Waals surface area contributed by atoms with E-state index in [2.05, 4.69) is 15.9 Å². The molecule has 0 radical (unpaired) electrons. The number of thiocarbonyl (C=S) groups is 1. The highest BCUT2D eigenvalue weighted by atomic mass is 79.9. The van der Waals surface area contributed by atoms with E-state index in [4.69, 9.17) is 34.3 Å². The molecule has 19 heavy (non-hydrogen) atoms. The smallest absolute Gasteiger partial charge is 0.130 e. The third kappa shape index (κ3) is 3.47. The van der Waals surface area contributed by atoms with Crippen LogP contribution in [0.25, 0.3) is 0 Å². The number of aryl methyl sites for hydroxylation is 1. The molecule has 0 aliphatic rings. The maximum absolute atomic E-state index is 5.91. The minimum atomic E-state index is 0.348. The number of nitrogens with two attached hydrogens (primary N) is 1. The Morgan fingerprint density at radius 1 is 1.26 bits per heavy atom. The average Bonchev–Trinajstić information content (AvgIpc) is 2.32.